The van der Waals surface area contributed by atoms with Gasteiger partial charge in [0.15, 0.2) is 5.60 Å². The van der Waals surface area contributed by atoms with Crippen LogP contribution in [0.15, 0.2) is 54.6 Å². The summed E-state index contributed by atoms with van der Waals surface area (Å²) >= 11 is 0. The van der Waals surface area contributed by atoms with Gasteiger partial charge in [-0.15, -0.1) is 0 Å². The molecule has 8 heteroatoms. The summed E-state index contributed by atoms with van der Waals surface area (Å²) in [6, 6.07) is 12.9. The van der Waals surface area contributed by atoms with Crippen molar-refractivity contribution in [1.29, 1.82) is 0 Å². The highest BCUT2D eigenvalue weighted by Crippen LogP contribution is 2.55. The van der Waals surface area contributed by atoms with E-state index < -0.39 is 53.6 Å². The fourth-order valence-corrected chi connectivity index (χ4v) is 4.86. The van der Waals surface area contributed by atoms with Crippen LogP contribution >= 0.6 is 0 Å². The number of hydrogen-bond acceptors (Lipinski definition) is 7. The van der Waals surface area contributed by atoms with E-state index in [2.05, 4.69) is 0 Å². The summed E-state index contributed by atoms with van der Waals surface area (Å²) in [6.45, 7) is 2.33. The van der Waals surface area contributed by atoms with E-state index in [1.807, 2.05) is 30.3 Å². The lowest BCUT2D eigenvalue weighted by Gasteiger charge is -2.34. The summed E-state index contributed by atoms with van der Waals surface area (Å²) < 4.78 is 16.4. The molecule has 3 aliphatic heterocycles. The van der Waals surface area contributed by atoms with Gasteiger partial charge in [0.1, 0.15) is 0 Å². The minimum Gasteiger partial charge on any atom is -0.422 e. The largest absolute Gasteiger partial charge is 0.422 e. The van der Waals surface area contributed by atoms with E-state index in [9.17, 15) is 19.2 Å². The van der Waals surface area contributed by atoms with E-state index in [0.717, 1.165) is 10.8 Å². The third-order valence-electron chi connectivity index (χ3n) is 6.00. The Morgan fingerprint density at radius 2 is 1.68 bits per heavy atom. The standard InChI is InChI=1S/C23H19NO7/c1-12(25)29-22(30-13(2)26)23-11-10-17(31-23)18-19(23)21(28)24(20(18)27)16-9-5-7-14-6-3-4-8-15(14)16/h3-11,17-19,22H,1-2H3/t17-,18+,19-,23+/m1/s1. The van der Waals surface area contributed by atoms with Crippen LogP contribution in [0.3, 0.4) is 0 Å². The van der Waals surface area contributed by atoms with Crippen LogP contribution in [0.2, 0.25) is 0 Å². The summed E-state index contributed by atoms with van der Waals surface area (Å²) in [5, 5.41) is 1.65. The number of rotatable bonds is 4. The highest BCUT2D eigenvalue weighted by molar-refractivity contribution is 6.26. The van der Waals surface area contributed by atoms with Crippen LogP contribution in [0.5, 0.6) is 0 Å². The fraction of sp³-hybridized carbons (Fsp3) is 0.304. The van der Waals surface area contributed by atoms with Crippen LogP contribution in [-0.4, -0.2) is 41.7 Å². The van der Waals surface area contributed by atoms with Crippen LogP contribution in [0, 0.1) is 11.8 Å². The van der Waals surface area contributed by atoms with Crippen LogP contribution in [0.4, 0.5) is 5.69 Å². The molecule has 3 aliphatic rings. The predicted octanol–water partition coefficient (Wildman–Crippen LogP) is 2.11. The number of benzene rings is 2. The molecule has 2 aromatic rings. The first-order chi connectivity index (χ1) is 14.8. The lowest BCUT2D eigenvalue weighted by Crippen LogP contribution is -2.52. The zero-order chi connectivity index (χ0) is 21.9. The van der Waals surface area contributed by atoms with Crippen LogP contribution in [0.25, 0.3) is 10.8 Å². The van der Waals surface area contributed by atoms with Crippen molar-refractivity contribution in [2.75, 3.05) is 4.90 Å². The molecule has 3 heterocycles. The number of imide groups is 1. The summed E-state index contributed by atoms with van der Waals surface area (Å²) in [5.41, 5.74) is -1.08. The molecule has 2 bridgehead atoms. The van der Waals surface area contributed by atoms with Crippen LogP contribution < -0.4 is 4.90 Å². The summed E-state index contributed by atoms with van der Waals surface area (Å²) in [4.78, 5) is 51.6. The van der Waals surface area contributed by atoms with Crippen molar-refractivity contribution < 1.29 is 33.4 Å². The number of carbonyl (C=O) groups is 4. The number of hydrogen-bond donors (Lipinski definition) is 0. The molecular weight excluding hydrogens is 402 g/mol. The van der Waals surface area contributed by atoms with E-state index in [4.69, 9.17) is 14.2 Å². The number of carbonyl (C=O) groups excluding carboxylic acids is 4. The molecule has 31 heavy (non-hydrogen) atoms. The monoisotopic (exact) mass is 421 g/mol. The molecule has 2 aromatic carbocycles. The van der Waals surface area contributed by atoms with Gasteiger partial charge in [0.25, 0.3) is 6.29 Å². The number of ether oxygens (including phenoxy) is 3. The minimum atomic E-state index is -1.56. The molecule has 8 nitrogen and oxygen atoms in total. The first-order valence-electron chi connectivity index (χ1n) is 9.90. The molecule has 0 radical (unpaired) electrons. The molecule has 0 N–H and O–H groups in total. The molecule has 0 aromatic heterocycles. The molecule has 158 valence electrons. The zero-order valence-corrected chi connectivity index (χ0v) is 16.8. The molecule has 2 amide bonds. The second-order valence-electron chi connectivity index (χ2n) is 7.86. The summed E-state index contributed by atoms with van der Waals surface area (Å²) in [5.74, 6) is -4.07. The predicted molar refractivity (Wildman–Crippen MR) is 107 cm³/mol. The van der Waals surface area contributed by atoms with Crippen molar-refractivity contribution >= 4 is 40.2 Å². The Kier molecular flexibility index (Phi) is 4.23. The van der Waals surface area contributed by atoms with E-state index in [1.165, 1.54) is 18.7 Å². The molecule has 0 saturated carbocycles. The van der Waals surface area contributed by atoms with Gasteiger partial charge in [-0.1, -0.05) is 42.5 Å². The first-order valence-corrected chi connectivity index (χ1v) is 9.90. The van der Waals surface area contributed by atoms with Crippen molar-refractivity contribution in [3.63, 3.8) is 0 Å². The Labute approximate surface area is 177 Å². The van der Waals surface area contributed by atoms with E-state index >= 15 is 0 Å². The number of anilines is 1. The highest BCUT2D eigenvalue weighted by Gasteiger charge is 2.72. The summed E-state index contributed by atoms with van der Waals surface area (Å²) in [6.07, 6.45) is 1.05. The van der Waals surface area contributed by atoms with Crippen LogP contribution in [-0.2, 0) is 33.4 Å². The van der Waals surface area contributed by atoms with E-state index in [1.54, 1.807) is 24.3 Å². The van der Waals surface area contributed by atoms with Gasteiger partial charge in [-0.2, -0.15) is 0 Å². The van der Waals surface area contributed by atoms with Crippen molar-refractivity contribution in [2.24, 2.45) is 11.8 Å². The lowest BCUT2D eigenvalue weighted by atomic mass is 9.76. The van der Waals surface area contributed by atoms with Gasteiger partial charge < -0.3 is 14.2 Å². The zero-order valence-electron chi connectivity index (χ0n) is 16.8. The molecule has 0 unspecified atom stereocenters. The van der Waals surface area contributed by atoms with Gasteiger partial charge in [0.2, 0.25) is 11.8 Å². The maximum atomic E-state index is 13.6. The maximum Gasteiger partial charge on any atom is 0.305 e. The second kappa shape index (κ2) is 6.75. The van der Waals surface area contributed by atoms with Gasteiger partial charge in [-0.25, -0.2) is 4.90 Å². The number of amides is 2. The second-order valence-corrected chi connectivity index (χ2v) is 7.86. The average Bonchev–Trinajstić information content (AvgIpc) is 3.38. The molecule has 4 atom stereocenters. The summed E-state index contributed by atoms with van der Waals surface area (Å²) in [7, 11) is 0. The van der Waals surface area contributed by atoms with Gasteiger partial charge in [0.05, 0.1) is 23.6 Å². The Hall–Kier alpha value is -3.52. The average molecular weight is 421 g/mol. The Balaban J connectivity index is 1.60. The molecule has 0 aliphatic carbocycles. The van der Waals surface area contributed by atoms with E-state index in [-0.39, 0.29) is 0 Å². The van der Waals surface area contributed by atoms with E-state index in [0.29, 0.717) is 5.69 Å². The quantitative estimate of drug-likeness (QED) is 0.323. The highest BCUT2D eigenvalue weighted by atomic mass is 16.7. The van der Waals surface area contributed by atoms with Crippen molar-refractivity contribution in [1.82, 2.24) is 0 Å². The van der Waals surface area contributed by atoms with Gasteiger partial charge in [-0.3, -0.25) is 19.2 Å². The van der Waals surface area contributed by atoms with Crippen molar-refractivity contribution in [2.45, 2.75) is 31.8 Å². The van der Waals surface area contributed by atoms with Gasteiger partial charge in [0, 0.05) is 19.2 Å². The van der Waals surface area contributed by atoms with Gasteiger partial charge >= 0.3 is 11.9 Å². The van der Waals surface area contributed by atoms with Crippen molar-refractivity contribution in [3.8, 4) is 0 Å². The molecule has 5 rings (SSSR count). The molecule has 2 saturated heterocycles. The molecular formula is C23H19NO7. The maximum absolute atomic E-state index is 13.6. The van der Waals surface area contributed by atoms with Gasteiger partial charge in [-0.05, 0) is 17.5 Å². The third kappa shape index (κ3) is 2.71. The molecule has 2 fully saturated rings. The topological polar surface area (TPSA) is 99.2 Å². The minimum absolute atomic E-state index is 0.396. The lowest BCUT2D eigenvalue weighted by molar-refractivity contribution is -0.226. The SMILES string of the molecule is CC(=O)OC(OC(C)=O)[C@@]12C=C[C@@H](O1)[C@@H]1C(=O)N(c3cccc4ccccc34)C(=O)[C@@H]12. The Bertz CT molecular complexity index is 1150. The number of esters is 2. The normalized spacial score (nSPS) is 28.5. The Morgan fingerprint density at radius 3 is 2.39 bits per heavy atom. The first kappa shape index (κ1) is 19.4. The fourth-order valence-electron chi connectivity index (χ4n) is 4.86. The number of nitrogens with zero attached hydrogens (tertiary/aromatic N) is 1. The Morgan fingerprint density at radius 1 is 1.00 bits per heavy atom. The number of fused-ring (bicyclic) bond motifs is 6. The third-order valence-corrected chi connectivity index (χ3v) is 6.00. The smallest absolute Gasteiger partial charge is 0.305 e. The van der Waals surface area contributed by atoms with Crippen molar-refractivity contribution in [3.05, 3.63) is 54.6 Å². The molecule has 0 spiro atoms. The van der Waals surface area contributed by atoms with Crippen LogP contribution in [0.1, 0.15) is 13.8 Å².